The Hall–Kier alpha value is -1.00. The van der Waals surface area contributed by atoms with Crippen molar-refractivity contribution in [3.63, 3.8) is 0 Å². The lowest BCUT2D eigenvalue weighted by atomic mass is 10.1. The quantitative estimate of drug-likeness (QED) is 0.597. The van der Waals surface area contributed by atoms with E-state index in [0.29, 0.717) is 10.8 Å². The molecule has 5 heteroatoms. The van der Waals surface area contributed by atoms with Crippen molar-refractivity contribution < 1.29 is 4.79 Å². The lowest BCUT2D eigenvalue weighted by Crippen LogP contribution is -1.98. The molecule has 0 fully saturated rings. The Morgan fingerprint density at radius 3 is 2.73 bits per heavy atom. The van der Waals surface area contributed by atoms with Crippen LogP contribution in [0.2, 0.25) is 5.15 Å². The molecule has 3 nitrogen and oxygen atoms in total. The molecule has 0 atom stereocenters. The Labute approximate surface area is 99.6 Å². The van der Waals surface area contributed by atoms with Crippen LogP contribution in [0, 0.1) is 0 Å². The molecule has 0 spiro atoms. The third-order valence-electron chi connectivity index (χ3n) is 2.02. The average Bonchev–Trinajstić information content (AvgIpc) is 2.17. The summed E-state index contributed by atoms with van der Waals surface area (Å²) in [4.78, 5) is 19.4. The largest absolute Gasteiger partial charge is 0.293 e. The van der Waals surface area contributed by atoms with Gasteiger partial charge in [-0.1, -0.05) is 11.6 Å². The van der Waals surface area contributed by atoms with Crippen molar-refractivity contribution in [1.29, 1.82) is 0 Å². The Bertz CT molecular complexity index is 556. The molecule has 15 heavy (non-hydrogen) atoms. The number of halogens is 2. The minimum absolute atomic E-state index is 0.0882. The maximum Gasteiger partial charge on any atom is 0.178 e. The molecule has 0 aliphatic rings. The van der Waals surface area contributed by atoms with Gasteiger partial charge < -0.3 is 0 Å². The Kier molecular flexibility index (Phi) is 2.71. The van der Waals surface area contributed by atoms with E-state index in [0.717, 1.165) is 15.2 Å². The number of carbonyl (C=O) groups excluding carboxylic acids is 1. The zero-order valence-corrected chi connectivity index (χ0v) is 10.1. The van der Waals surface area contributed by atoms with Crippen LogP contribution >= 0.6 is 27.5 Å². The first-order valence-electron chi connectivity index (χ1n) is 4.20. The van der Waals surface area contributed by atoms with Crippen LogP contribution < -0.4 is 0 Å². The fourth-order valence-electron chi connectivity index (χ4n) is 1.36. The molecule has 0 bridgehead atoms. The van der Waals surface area contributed by atoms with Gasteiger partial charge in [0.25, 0.3) is 0 Å². The molecule has 0 aromatic carbocycles. The summed E-state index contributed by atoms with van der Waals surface area (Å²) in [6.45, 7) is 1.48. The topological polar surface area (TPSA) is 42.9 Å². The monoisotopic (exact) mass is 284 g/mol. The van der Waals surface area contributed by atoms with E-state index < -0.39 is 0 Å². The van der Waals surface area contributed by atoms with Gasteiger partial charge in [0.15, 0.2) is 5.78 Å². The highest BCUT2D eigenvalue weighted by Crippen LogP contribution is 2.26. The zero-order chi connectivity index (χ0) is 11.0. The highest BCUT2D eigenvalue weighted by molar-refractivity contribution is 9.10. The number of Topliss-reactive ketones (excluding diaryl/α,β-unsaturated/α-hetero) is 1. The van der Waals surface area contributed by atoms with Gasteiger partial charge in [-0.25, -0.2) is 4.98 Å². The predicted molar refractivity (Wildman–Crippen MR) is 62.3 cm³/mol. The van der Waals surface area contributed by atoms with Crippen molar-refractivity contribution in [1.82, 2.24) is 9.97 Å². The molecule has 76 valence electrons. The molecule has 2 aromatic rings. The standard InChI is InChI=1S/C10H6BrClN2O/c1-5(15)10-6-2-9(12)13-3-7(6)8(11)4-14-10/h2-4H,1H3. The number of hydrogen-bond acceptors (Lipinski definition) is 3. The average molecular weight is 286 g/mol. The fraction of sp³-hybridized carbons (Fsp3) is 0.100. The van der Waals surface area contributed by atoms with E-state index in [9.17, 15) is 4.79 Å². The Morgan fingerprint density at radius 1 is 1.33 bits per heavy atom. The summed E-state index contributed by atoms with van der Waals surface area (Å²) in [7, 11) is 0. The number of hydrogen-bond donors (Lipinski definition) is 0. The molecule has 2 rings (SSSR count). The number of fused-ring (bicyclic) bond motifs is 1. The summed E-state index contributed by atoms with van der Waals surface area (Å²) in [6, 6.07) is 1.64. The van der Waals surface area contributed by atoms with Crippen molar-refractivity contribution in [3.8, 4) is 0 Å². The third kappa shape index (κ3) is 1.87. The van der Waals surface area contributed by atoms with E-state index in [4.69, 9.17) is 11.6 Å². The van der Waals surface area contributed by atoms with Gasteiger partial charge in [-0.15, -0.1) is 0 Å². The summed E-state index contributed by atoms with van der Waals surface area (Å²) in [5, 5.41) is 1.90. The molecule has 0 radical (unpaired) electrons. The van der Waals surface area contributed by atoms with Gasteiger partial charge in [-0.05, 0) is 22.0 Å². The summed E-state index contributed by atoms with van der Waals surface area (Å²) >= 11 is 9.13. The van der Waals surface area contributed by atoms with E-state index in [2.05, 4.69) is 25.9 Å². The zero-order valence-electron chi connectivity index (χ0n) is 7.79. The molecule has 0 amide bonds. The fourth-order valence-corrected chi connectivity index (χ4v) is 1.93. The van der Waals surface area contributed by atoms with Gasteiger partial charge in [0.2, 0.25) is 0 Å². The minimum Gasteiger partial charge on any atom is -0.293 e. The summed E-state index contributed by atoms with van der Waals surface area (Å²) in [6.07, 6.45) is 3.21. The number of pyridine rings is 2. The molecule has 2 heterocycles. The second-order valence-corrected chi connectivity index (χ2v) is 4.31. The van der Waals surface area contributed by atoms with Crippen LogP contribution in [0.25, 0.3) is 10.8 Å². The molecule has 0 aliphatic carbocycles. The van der Waals surface area contributed by atoms with Gasteiger partial charge in [-0.3, -0.25) is 9.78 Å². The van der Waals surface area contributed by atoms with Crippen LogP contribution in [0.5, 0.6) is 0 Å². The van der Waals surface area contributed by atoms with E-state index in [-0.39, 0.29) is 5.78 Å². The number of nitrogens with zero attached hydrogens (tertiary/aromatic N) is 2. The van der Waals surface area contributed by atoms with Crippen LogP contribution in [0.15, 0.2) is 22.9 Å². The van der Waals surface area contributed by atoms with Crippen molar-refractivity contribution in [2.24, 2.45) is 0 Å². The second kappa shape index (κ2) is 3.87. The smallest absolute Gasteiger partial charge is 0.178 e. The van der Waals surface area contributed by atoms with Gasteiger partial charge in [-0.2, -0.15) is 0 Å². The minimum atomic E-state index is -0.0882. The Morgan fingerprint density at radius 2 is 2.07 bits per heavy atom. The summed E-state index contributed by atoms with van der Waals surface area (Å²) in [5.74, 6) is -0.0882. The first-order chi connectivity index (χ1) is 7.09. The van der Waals surface area contributed by atoms with Gasteiger partial charge in [0.1, 0.15) is 10.8 Å². The highest BCUT2D eigenvalue weighted by Gasteiger charge is 2.10. The van der Waals surface area contributed by atoms with Gasteiger partial charge >= 0.3 is 0 Å². The normalized spacial score (nSPS) is 10.6. The van der Waals surface area contributed by atoms with E-state index >= 15 is 0 Å². The Balaban J connectivity index is 2.90. The number of rotatable bonds is 1. The summed E-state index contributed by atoms with van der Waals surface area (Å²) in [5.41, 5.74) is 0.414. The molecule has 0 saturated carbocycles. The maximum absolute atomic E-state index is 11.3. The van der Waals surface area contributed by atoms with Crippen LogP contribution in [0.3, 0.4) is 0 Å². The second-order valence-electron chi connectivity index (χ2n) is 3.06. The summed E-state index contributed by atoms with van der Waals surface area (Å²) < 4.78 is 0.798. The first-order valence-corrected chi connectivity index (χ1v) is 5.37. The van der Waals surface area contributed by atoms with Crippen molar-refractivity contribution in [3.05, 3.63) is 33.8 Å². The van der Waals surface area contributed by atoms with Crippen molar-refractivity contribution in [2.75, 3.05) is 0 Å². The molecule has 0 saturated heterocycles. The lowest BCUT2D eigenvalue weighted by molar-refractivity contribution is 0.101. The predicted octanol–water partition coefficient (Wildman–Crippen LogP) is 3.25. The molecular formula is C10H6BrClN2O. The van der Waals surface area contributed by atoms with Crippen molar-refractivity contribution >= 4 is 44.1 Å². The van der Waals surface area contributed by atoms with E-state index in [1.807, 2.05) is 0 Å². The van der Waals surface area contributed by atoms with Crippen LogP contribution in [0.4, 0.5) is 0 Å². The maximum atomic E-state index is 11.3. The molecule has 2 aromatic heterocycles. The first kappa shape index (κ1) is 10.5. The van der Waals surface area contributed by atoms with Crippen molar-refractivity contribution in [2.45, 2.75) is 6.92 Å². The number of aromatic nitrogens is 2. The van der Waals surface area contributed by atoms with Crippen LogP contribution in [0.1, 0.15) is 17.4 Å². The lowest BCUT2D eigenvalue weighted by Gasteiger charge is -2.04. The molecule has 0 unspecified atom stereocenters. The molecule has 0 N–H and O–H groups in total. The molecular weight excluding hydrogens is 279 g/mol. The number of ketones is 1. The SMILES string of the molecule is CC(=O)c1ncc(Br)c2cnc(Cl)cc12. The van der Waals surface area contributed by atoms with Gasteiger partial charge in [0, 0.05) is 34.6 Å². The third-order valence-corrected chi connectivity index (χ3v) is 2.86. The van der Waals surface area contributed by atoms with Crippen LogP contribution in [-0.4, -0.2) is 15.8 Å². The van der Waals surface area contributed by atoms with E-state index in [1.165, 1.54) is 6.92 Å². The number of carbonyl (C=O) groups is 1. The van der Waals surface area contributed by atoms with Crippen LogP contribution in [-0.2, 0) is 0 Å². The highest BCUT2D eigenvalue weighted by atomic mass is 79.9. The van der Waals surface area contributed by atoms with E-state index in [1.54, 1.807) is 18.5 Å². The van der Waals surface area contributed by atoms with Gasteiger partial charge in [0.05, 0.1) is 0 Å². The molecule has 0 aliphatic heterocycles.